The second kappa shape index (κ2) is 12.0. The van der Waals surface area contributed by atoms with E-state index >= 15 is 0 Å². The molecule has 0 radical (unpaired) electrons. The summed E-state index contributed by atoms with van der Waals surface area (Å²) in [7, 11) is 0. The molecule has 1 aliphatic rings. The number of fused-ring (bicyclic) bond motifs is 6. The van der Waals surface area contributed by atoms with Gasteiger partial charge in [0.2, 0.25) is 0 Å². The molecule has 1 heterocycles. The highest BCUT2D eigenvalue weighted by Gasteiger charge is 2.21. The molecular weight excluding hydrogens is 617 g/mol. The van der Waals surface area contributed by atoms with Crippen molar-refractivity contribution in [1.29, 1.82) is 0 Å². The molecule has 240 valence electrons. The van der Waals surface area contributed by atoms with Gasteiger partial charge < -0.3 is 9.47 Å². The summed E-state index contributed by atoms with van der Waals surface area (Å²) in [5.41, 5.74) is 17.3. The van der Waals surface area contributed by atoms with Crippen LogP contribution in [0.25, 0.3) is 60.9 Å². The number of benzene rings is 8. The molecule has 0 saturated heterocycles. The average Bonchev–Trinajstić information content (AvgIpc) is 3.74. The normalized spacial score (nSPS) is 11.8. The maximum atomic E-state index is 2.42. The lowest BCUT2D eigenvalue weighted by atomic mass is 9.98. The van der Waals surface area contributed by atoms with Crippen LogP contribution in [-0.4, -0.2) is 4.57 Å². The fourth-order valence-electron chi connectivity index (χ4n) is 8.02. The van der Waals surface area contributed by atoms with E-state index in [0.29, 0.717) is 0 Å². The summed E-state index contributed by atoms with van der Waals surface area (Å²) in [6, 6.07) is 70.6. The first-order valence-corrected chi connectivity index (χ1v) is 17.6. The van der Waals surface area contributed by atoms with Crippen molar-refractivity contribution in [3.8, 4) is 39.1 Å². The van der Waals surface area contributed by atoms with Crippen LogP contribution < -0.4 is 4.90 Å². The van der Waals surface area contributed by atoms with Gasteiger partial charge in [-0.15, -0.1) is 0 Å². The minimum Gasteiger partial charge on any atom is -0.310 e. The number of hydrogen-bond acceptors (Lipinski definition) is 1. The number of aromatic nitrogens is 1. The van der Waals surface area contributed by atoms with E-state index in [1.807, 2.05) is 0 Å². The van der Waals surface area contributed by atoms with Gasteiger partial charge >= 0.3 is 0 Å². The minimum absolute atomic E-state index is 1.01. The van der Waals surface area contributed by atoms with Crippen LogP contribution in [0.4, 0.5) is 17.1 Å². The van der Waals surface area contributed by atoms with Crippen molar-refractivity contribution in [3.05, 3.63) is 205 Å². The number of anilines is 3. The zero-order chi connectivity index (χ0) is 33.7. The van der Waals surface area contributed by atoms with Crippen LogP contribution in [0.2, 0.25) is 0 Å². The van der Waals surface area contributed by atoms with Crippen LogP contribution in [0, 0.1) is 0 Å². The molecule has 0 aliphatic heterocycles. The molecule has 0 fully saturated rings. The zero-order valence-corrected chi connectivity index (χ0v) is 28.1. The van der Waals surface area contributed by atoms with Gasteiger partial charge in [-0.3, -0.25) is 0 Å². The first-order valence-electron chi connectivity index (χ1n) is 17.6. The first kappa shape index (κ1) is 29.3. The minimum atomic E-state index is 1.01. The summed E-state index contributed by atoms with van der Waals surface area (Å²) in [5, 5.41) is 2.47. The van der Waals surface area contributed by atoms with E-state index in [4.69, 9.17) is 0 Å². The van der Waals surface area contributed by atoms with Crippen LogP contribution >= 0.6 is 0 Å². The van der Waals surface area contributed by atoms with Crippen LogP contribution in [0.3, 0.4) is 0 Å². The number of hydrogen-bond donors (Lipinski definition) is 0. The average molecular weight is 651 g/mol. The molecule has 0 bridgehead atoms. The summed E-state index contributed by atoms with van der Waals surface area (Å²) in [6.45, 7) is 0. The van der Waals surface area contributed by atoms with Crippen LogP contribution in [0.15, 0.2) is 194 Å². The molecule has 0 unspecified atom stereocenters. The molecule has 10 rings (SSSR count). The van der Waals surface area contributed by atoms with E-state index in [1.165, 1.54) is 66.3 Å². The van der Waals surface area contributed by atoms with E-state index in [-0.39, 0.29) is 0 Å². The van der Waals surface area contributed by atoms with Gasteiger partial charge in [0.1, 0.15) is 0 Å². The van der Waals surface area contributed by atoms with E-state index in [0.717, 1.165) is 29.2 Å². The number of rotatable bonds is 6. The van der Waals surface area contributed by atoms with Gasteiger partial charge in [0.05, 0.1) is 16.7 Å². The fraction of sp³-hybridized carbons (Fsp3) is 0.0204. The topological polar surface area (TPSA) is 8.17 Å². The van der Waals surface area contributed by atoms with E-state index in [9.17, 15) is 0 Å². The quantitative estimate of drug-likeness (QED) is 0.174. The lowest BCUT2D eigenvalue weighted by molar-refractivity contribution is 1.18. The Hall–Kier alpha value is -6.64. The van der Waals surface area contributed by atoms with Crippen molar-refractivity contribution >= 4 is 38.9 Å². The molecule has 51 heavy (non-hydrogen) atoms. The molecule has 0 saturated carbocycles. The van der Waals surface area contributed by atoms with Crippen molar-refractivity contribution < 1.29 is 0 Å². The van der Waals surface area contributed by atoms with Gasteiger partial charge in [0.15, 0.2) is 0 Å². The summed E-state index contributed by atoms with van der Waals surface area (Å²) in [6.07, 6.45) is 1.01. The molecule has 1 aliphatic carbocycles. The van der Waals surface area contributed by atoms with Crippen LogP contribution in [0.5, 0.6) is 0 Å². The number of para-hydroxylation sites is 3. The van der Waals surface area contributed by atoms with Crippen molar-refractivity contribution in [2.45, 2.75) is 6.42 Å². The van der Waals surface area contributed by atoms with Crippen molar-refractivity contribution in [2.24, 2.45) is 0 Å². The second-order valence-corrected chi connectivity index (χ2v) is 13.4. The van der Waals surface area contributed by atoms with E-state index in [2.05, 4.69) is 204 Å². The highest BCUT2D eigenvalue weighted by atomic mass is 15.1. The standard InChI is InChI=1S/C49H34N2/c1-3-13-35(14-4-1)43-19-9-11-21-47(43)50(40-27-25-34(26-28-40)36-23-24-38-31-37-15-7-8-18-42(37)45(38)32-36)41-29-30-49-46(33-41)44-20-10-12-22-48(44)51(49)39-16-5-2-6-17-39/h1-30,32-33H,31H2. The van der Waals surface area contributed by atoms with Crippen molar-refractivity contribution in [1.82, 2.24) is 4.57 Å². The molecule has 2 nitrogen and oxygen atoms in total. The summed E-state index contributed by atoms with van der Waals surface area (Å²) >= 11 is 0. The molecule has 0 atom stereocenters. The molecule has 9 aromatic rings. The molecule has 8 aromatic carbocycles. The SMILES string of the molecule is c1ccc(-c2ccccc2N(c2ccc(-c3ccc4c(c3)-c3ccccc3C4)cc2)c2ccc3c(c2)c2ccccc2n3-c2ccccc2)cc1. The van der Waals surface area contributed by atoms with Crippen LogP contribution in [-0.2, 0) is 6.42 Å². The molecule has 0 spiro atoms. The highest BCUT2D eigenvalue weighted by Crippen LogP contribution is 2.44. The van der Waals surface area contributed by atoms with Gasteiger partial charge in [-0.2, -0.15) is 0 Å². The Morgan fingerprint density at radius 3 is 1.84 bits per heavy atom. The predicted octanol–water partition coefficient (Wildman–Crippen LogP) is 13.2. The maximum absolute atomic E-state index is 2.42. The molecule has 2 heteroatoms. The summed E-state index contributed by atoms with van der Waals surface area (Å²) in [4.78, 5) is 2.42. The Balaban J connectivity index is 1.14. The first-order chi connectivity index (χ1) is 25.3. The largest absolute Gasteiger partial charge is 0.310 e. The predicted molar refractivity (Wildman–Crippen MR) is 215 cm³/mol. The summed E-state index contributed by atoms with van der Waals surface area (Å²) < 4.78 is 2.38. The van der Waals surface area contributed by atoms with E-state index < -0.39 is 0 Å². The second-order valence-electron chi connectivity index (χ2n) is 13.4. The third-order valence-electron chi connectivity index (χ3n) is 10.4. The molecule has 0 amide bonds. The Bertz CT molecular complexity index is 2700. The summed E-state index contributed by atoms with van der Waals surface area (Å²) in [5.74, 6) is 0. The third-order valence-corrected chi connectivity index (χ3v) is 10.4. The Labute approximate surface area is 298 Å². The maximum Gasteiger partial charge on any atom is 0.0542 e. The van der Waals surface area contributed by atoms with Gasteiger partial charge in [-0.05, 0) is 106 Å². The van der Waals surface area contributed by atoms with Crippen LogP contribution in [0.1, 0.15) is 11.1 Å². The third kappa shape index (κ3) is 4.95. The smallest absolute Gasteiger partial charge is 0.0542 e. The Kier molecular flexibility index (Phi) is 6.92. The fourth-order valence-corrected chi connectivity index (χ4v) is 8.02. The zero-order valence-electron chi connectivity index (χ0n) is 28.1. The van der Waals surface area contributed by atoms with Gasteiger partial charge in [-0.1, -0.05) is 133 Å². The molecule has 1 aromatic heterocycles. The van der Waals surface area contributed by atoms with Crippen molar-refractivity contribution in [3.63, 3.8) is 0 Å². The number of nitrogens with zero attached hydrogens (tertiary/aromatic N) is 2. The monoisotopic (exact) mass is 650 g/mol. The van der Waals surface area contributed by atoms with E-state index in [1.54, 1.807) is 0 Å². The molecular formula is C49H34N2. The highest BCUT2D eigenvalue weighted by molar-refractivity contribution is 6.11. The molecule has 0 N–H and O–H groups in total. The lowest BCUT2D eigenvalue weighted by Gasteiger charge is -2.28. The Morgan fingerprint density at radius 2 is 1.00 bits per heavy atom. The van der Waals surface area contributed by atoms with Crippen molar-refractivity contribution in [2.75, 3.05) is 4.90 Å². The lowest BCUT2D eigenvalue weighted by Crippen LogP contribution is -2.11. The van der Waals surface area contributed by atoms with Gasteiger partial charge in [-0.25, -0.2) is 0 Å². The Morgan fingerprint density at radius 1 is 0.373 bits per heavy atom. The van der Waals surface area contributed by atoms with Gasteiger partial charge in [0, 0.05) is 33.4 Å². The van der Waals surface area contributed by atoms with Gasteiger partial charge in [0.25, 0.3) is 0 Å².